The smallest absolute Gasteiger partial charge is 0.241 e. The Bertz CT molecular complexity index is 903. The second-order valence-electron chi connectivity index (χ2n) is 8.49. The number of hydrogen-bond donors (Lipinski definition) is 1. The summed E-state index contributed by atoms with van der Waals surface area (Å²) in [4.78, 5) is 0.321. The molecular formula is C23H33NO3S. The van der Waals surface area contributed by atoms with Crippen LogP contribution in [0, 0.1) is 6.92 Å². The third kappa shape index (κ3) is 5.15. The number of nitrogens with one attached hydrogen (secondary N) is 1. The Morgan fingerprint density at radius 3 is 2.21 bits per heavy atom. The molecule has 154 valence electrons. The normalized spacial score (nSPS) is 13.6. The molecule has 0 aliphatic rings. The molecule has 0 bridgehead atoms. The van der Waals surface area contributed by atoms with E-state index < -0.39 is 10.0 Å². The van der Waals surface area contributed by atoms with E-state index in [1.165, 1.54) is 5.56 Å². The molecule has 0 aliphatic carbocycles. The highest BCUT2D eigenvalue weighted by Crippen LogP contribution is 2.32. The molecule has 0 aliphatic heterocycles. The van der Waals surface area contributed by atoms with Crippen LogP contribution < -0.4 is 9.46 Å². The van der Waals surface area contributed by atoms with Crippen LogP contribution in [-0.2, 0) is 15.4 Å². The van der Waals surface area contributed by atoms with E-state index in [1.54, 1.807) is 20.1 Å². The molecule has 0 radical (unpaired) electrons. The van der Waals surface area contributed by atoms with Crippen LogP contribution in [0.2, 0.25) is 0 Å². The number of aryl methyl sites for hydroxylation is 1. The number of methoxy groups -OCH3 is 1. The van der Waals surface area contributed by atoms with Gasteiger partial charge in [-0.05, 0) is 60.4 Å². The summed E-state index contributed by atoms with van der Waals surface area (Å²) >= 11 is 0. The zero-order valence-corrected chi connectivity index (χ0v) is 18.9. The minimum atomic E-state index is -3.63. The Balaban J connectivity index is 2.27. The van der Waals surface area contributed by atoms with Gasteiger partial charge in [0.15, 0.2) is 0 Å². The summed E-state index contributed by atoms with van der Waals surface area (Å²) in [7, 11) is -2.02. The Hall–Kier alpha value is -1.85. The van der Waals surface area contributed by atoms with Crippen LogP contribution >= 0.6 is 0 Å². The topological polar surface area (TPSA) is 55.4 Å². The fourth-order valence-electron chi connectivity index (χ4n) is 3.74. The number of ether oxygens (including phenoxy) is 1. The Labute approximate surface area is 170 Å². The fraction of sp³-hybridized carbons (Fsp3) is 0.478. The highest BCUT2D eigenvalue weighted by molar-refractivity contribution is 7.89. The number of sulfonamides is 1. The van der Waals surface area contributed by atoms with Gasteiger partial charge in [0.2, 0.25) is 10.0 Å². The number of hydrogen-bond acceptors (Lipinski definition) is 3. The quantitative estimate of drug-likeness (QED) is 0.662. The largest absolute Gasteiger partial charge is 0.496 e. The molecular weight excluding hydrogens is 370 g/mol. The first-order valence-electron chi connectivity index (χ1n) is 9.74. The molecule has 0 aromatic heterocycles. The van der Waals surface area contributed by atoms with Gasteiger partial charge in [-0.1, -0.05) is 58.0 Å². The average Bonchev–Trinajstić information content (AvgIpc) is 2.60. The van der Waals surface area contributed by atoms with Crippen LogP contribution in [-0.4, -0.2) is 21.6 Å². The Kier molecular flexibility index (Phi) is 6.94. The maximum absolute atomic E-state index is 13.1. The molecule has 5 heteroatoms. The van der Waals surface area contributed by atoms with Gasteiger partial charge in [0.1, 0.15) is 5.75 Å². The van der Waals surface area contributed by atoms with Crippen molar-refractivity contribution in [1.29, 1.82) is 0 Å². The van der Waals surface area contributed by atoms with Crippen molar-refractivity contribution in [3.63, 3.8) is 0 Å². The monoisotopic (exact) mass is 403 g/mol. The minimum Gasteiger partial charge on any atom is -0.496 e. The van der Waals surface area contributed by atoms with Gasteiger partial charge < -0.3 is 4.74 Å². The van der Waals surface area contributed by atoms with Gasteiger partial charge in [-0.3, -0.25) is 0 Å². The van der Waals surface area contributed by atoms with Gasteiger partial charge in [0, 0.05) is 6.04 Å². The van der Waals surface area contributed by atoms with E-state index in [9.17, 15) is 8.42 Å². The van der Waals surface area contributed by atoms with Crippen molar-refractivity contribution in [2.75, 3.05) is 7.11 Å². The zero-order chi connectivity index (χ0) is 21.1. The highest BCUT2D eigenvalue weighted by Gasteiger charge is 2.27. The zero-order valence-electron chi connectivity index (χ0n) is 18.0. The van der Waals surface area contributed by atoms with E-state index in [2.05, 4.69) is 30.7 Å². The molecule has 0 saturated carbocycles. The first kappa shape index (κ1) is 22.4. The van der Waals surface area contributed by atoms with Crippen LogP contribution in [0.4, 0.5) is 0 Å². The van der Waals surface area contributed by atoms with Crippen molar-refractivity contribution >= 4 is 10.0 Å². The van der Waals surface area contributed by atoms with Gasteiger partial charge in [0.25, 0.3) is 0 Å². The van der Waals surface area contributed by atoms with Gasteiger partial charge in [0.05, 0.1) is 12.0 Å². The van der Waals surface area contributed by atoms with E-state index in [0.717, 1.165) is 11.3 Å². The summed E-state index contributed by atoms with van der Waals surface area (Å²) in [6, 6.07) is 13.5. The van der Waals surface area contributed by atoms with E-state index in [0.29, 0.717) is 16.9 Å². The SMILES string of the molecule is COc1cc(C)c(S(=O)(=O)NC(C)CC(C)(C)c2ccccc2)cc1C(C)C. The molecule has 0 heterocycles. The average molecular weight is 404 g/mol. The highest BCUT2D eigenvalue weighted by atomic mass is 32.2. The molecule has 1 unspecified atom stereocenters. The van der Waals surface area contributed by atoms with Crippen LogP contribution in [0.3, 0.4) is 0 Å². The van der Waals surface area contributed by atoms with Crippen molar-refractivity contribution in [2.45, 2.75) is 70.2 Å². The second-order valence-corrected chi connectivity index (χ2v) is 10.2. The summed E-state index contributed by atoms with van der Waals surface area (Å²) in [5.74, 6) is 0.892. The lowest BCUT2D eigenvalue weighted by Gasteiger charge is -2.29. The van der Waals surface area contributed by atoms with E-state index in [4.69, 9.17) is 4.74 Å². The maximum atomic E-state index is 13.1. The Morgan fingerprint density at radius 2 is 1.68 bits per heavy atom. The summed E-state index contributed by atoms with van der Waals surface area (Å²) in [6.07, 6.45) is 0.697. The molecule has 0 spiro atoms. The molecule has 28 heavy (non-hydrogen) atoms. The molecule has 0 amide bonds. The molecule has 2 rings (SSSR count). The third-order valence-corrected chi connectivity index (χ3v) is 6.90. The molecule has 2 aromatic carbocycles. The first-order valence-corrected chi connectivity index (χ1v) is 11.2. The fourth-order valence-corrected chi connectivity index (χ4v) is 5.24. The van der Waals surface area contributed by atoms with Crippen molar-refractivity contribution in [3.05, 3.63) is 59.2 Å². The summed E-state index contributed by atoms with van der Waals surface area (Å²) in [5.41, 5.74) is 2.64. The molecule has 1 N–H and O–H groups in total. The lowest BCUT2D eigenvalue weighted by atomic mass is 9.79. The van der Waals surface area contributed by atoms with Gasteiger partial charge in [-0.15, -0.1) is 0 Å². The predicted molar refractivity (Wildman–Crippen MR) is 116 cm³/mol. The maximum Gasteiger partial charge on any atom is 0.241 e. The van der Waals surface area contributed by atoms with Crippen molar-refractivity contribution in [1.82, 2.24) is 4.72 Å². The number of benzene rings is 2. The summed E-state index contributed by atoms with van der Waals surface area (Å²) in [5, 5.41) is 0. The van der Waals surface area contributed by atoms with Crippen molar-refractivity contribution < 1.29 is 13.2 Å². The van der Waals surface area contributed by atoms with Gasteiger partial charge >= 0.3 is 0 Å². The lowest BCUT2D eigenvalue weighted by molar-refractivity contribution is 0.406. The molecule has 4 nitrogen and oxygen atoms in total. The third-order valence-electron chi connectivity index (χ3n) is 5.17. The first-order chi connectivity index (χ1) is 13.0. The van der Waals surface area contributed by atoms with E-state index >= 15 is 0 Å². The summed E-state index contributed by atoms with van der Waals surface area (Å²) in [6.45, 7) is 12.1. The van der Waals surface area contributed by atoms with Crippen LogP contribution in [0.5, 0.6) is 5.75 Å². The Morgan fingerprint density at radius 1 is 1.07 bits per heavy atom. The molecule has 0 fully saturated rings. The molecule has 1 atom stereocenters. The van der Waals surface area contributed by atoms with Crippen LogP contribution in [0.15, 0.2) is 47.4 Å². The van der Waals surface area contributed by atoms with Crippen molar-refractivity contribution in [3.8, 4) is 5.75 Å². The molecule has 0 saturated heterocycles. The van der Waals surface area contributed by atoms with Crippen molar-refractivity contribution in [2.24, 2.45) is 0 Å². The predicted octanol–water partition coefficient (Wildman–Crippen LogP) is 5.16. The van der Waals surface area contributed by atoms with E-state index in [1.807, 2.05) is 45.0 Å². The van der Waals surface area contributed by atoms with Gasteiger partial charge in [-0.2, -0.15) is 0 Å². The van der Waals surface area contributed by atoms with Crippen LogP contribution in [0.1, 0.15) is 63.6 Å². The second kappa shape index (κ2) is 8.66. The standard InChI is InChI=1S/C23H33NO3S/c1-16(2)20-14-22(17(3)13-21(20)27-7)28(25,26)24-18(4)15-23(5,6)19-11-9-8-10-12-19/h8-14,16,18,24H,15H2,1-7H3. The summed E-state index contributed by atoms with van der Waals surface area (Å²) < 4.78 is 34.5. The minimum absolute atomic E-state index is 0.138. The molecule has 2 aromatic rings. The lowest BCUT2D eigenvalue weighted by Crippen LogP contribution is -2.37. The van der Waals surface area contributed by atoms with E-state index in [-0.39, 0.29) is 17.4 Å². The number of rotatable bonds is 8. The van der Waals surface area contributed by atoms with Crippen LogP contribution in [0.25, 0.3) is 0 Å². The van der Waals surface area contributed by atoms with Gasteiger partial charge in [-0.25, -0.2) is 13.1 Å².